The summed E-state index contributed by atoms with van der Waals surface area (Å²) in [7, 11) is 0. The SMILES string of the molecule is CC.CCc1cccc(C2=Nc3cc(C(=O)NN4CCCCCC4)ccc3SC3=C2C=CC2CC32)c1.[HH]. The van der Waals surface area contributed by atoms with Crippen molar-refractivity contribution in [2.45, 2.75) is 64.2 Å². The Bertz CT molecular complexity index is 1230. The number of aliphatic imine (C=N–C) groups is 1. The molecule has 0 radical (unpaired) electrons. The quantitative estimate of drug-likeness (QED) is 0.466. The molecule has 0 aromatic heterocycles. The van der Waals surface area contributed by atoms with Crippen LogP contribution < -0.4 is 5.43 Å². The molecule has 2 atom stereocenters. The molecule has 4 aliphatic rings. The Labute approximate surface area is 221 Å². The third kappa shape index (κ3) is 5.23. The number of nitrogens with one attached hydrogen (secondary N) is 1. The summed E-state index contributed by atoms with van der Waals surface area (Å²) in [6.07, 6.45) is 11.6. The van der Waals surface area contributed by atoms with Gasteiger partial charge in [-0.05, 0) is 67.3 Å². The molecule has 2 aliphatic carbocycles. The second kappa shape index (κ2) is 11.2. The van der Waals surface area contributed by atoms with E-state index in [-0.39, 0.29) is 7.33 Å². The van der Waals surface area contributed by atoms with E-state index in [1.54, 1.807) is 0 Å². The molecule has 0 bridgehead atoms. The average molecular weight is 502 g/mol. The van der Waals surface area contributed by atoms with Crippen LogP contribution in [0.4, 0.5) is 5.69 Å². The van der Waals surface area contributed by atoms with Crippen LogP contribution in [0.25, 0.3) is 0 Å². The number of allylic oxidation sites excluding steroid dienone is 4. The van der Waals surface area contributed by atoms with E-state index in [0.29, 0.717) is 17.4 Å². The van der Waals surface area contributed by atoms with Gasteiger partial charge >= 0.3 is 0 Å². The van der Waals surface area contributed by atoms with Gasteiger partial charge in [-0.25, -0.2) is 10.0 Å². The van der Waals surface area contributed by atoms with E-state index < -0.39 is 0 Å². The molecule has 1 saturated carbocycles. The molecule has 36 heavy (non-hydrogen) atoms. The number of rotatable bonds is 4. The lowest BCUT2D eigenvalue weighted by Crippen LogP contribution is -2.42. The van der Waals surface area contributed by atoms with Crippen molar-refractivity contribution in [2.75, 3.05) is 13.1 Å². The Kier molecular flexibility index (Phi) is 7.78. The van der Waals surface area contributed by atoms with Crippen LogP contribution in [0.2, 0.25) is 0 Å². The minimum absolute atomic E-state index is 0. The minimum atomic E-state index is -0.0384. The summed E-state index contributed by atoms with van der Waals surface area (Å²) in [5.74, 6) is 1.25. The summed E-state index contributed by atoms with van der Waals surface area (Å²) >= 11 is 1.85. The normalized spacial score (nSPS) is 22.6. The van der Waals surface area contributed by atoms with Crippen molar-refractivity contribution < 1.29 is 6.22 Å². The van der Waals surface area contributed by atoms with Gasteiger partial charge in [0.1, 0.15) is 0 Å². The van der Waals surface area contributed by atoms with E-state index in [1.165, 1.54) is 35.3 Å². The maximum atomic E-state index is 13.1. The molecule has 2 fully saturated rings. The summed E-state index contributed by atoms with van der Waals surface area (Å²) in [5.41, 5.74) is 9.46. The van der Waals surface area contributed by atoms with Crippen LogP contribution in [0.5, 0.6) is 0 Å². The Balaban J connectivity index is 0.00000104. The number of hydrogen-bond acceptors (Lipinski definition) is 4. The number of nitrogens with zero attached hydrogens (tertiary/aromatic N) is 2. The zero-order valence-electron chi connectivity index (χ0n) is 21.7. The number of aryl methyl sites for hydroxylation is 1. The van der Waals surface area contributed by atoms with Gasteiger partial charge in [0.2, 0.25) is 0 Å². The maximum absolute atomic E-state index is 13.1. The molecule has 6 rings (SSSR count). The first-order chi connectivity index (χ1) is 17.7. The molecule has 2 aromatic rings. The van der Waals surface area contributed by atoms with Crippen LogP contribution in [0.1, 0.15) is 75.8 Å². The smallest absolute Gasteiger partial charge is 0.265 e. The molecule has 190 valence electrons. The number of carbonyl (C=O) groups is 1. The standard InChI is InChI=1S/C29H31N3OS.C2H6.H2/c1-2-19-8-7-9-21(16-19)27-23-12-10-20-17-24(20)28(23)34-26-13-11-22(18-25(26)30-27)29(33)31-32-14-5-3-4-6-15-32;1-2;/h7-13,16,18,20,24H,2-6,14-15,17H2,1H3,(H,31,33);1-2H3;1H. The van der Waals surface area contributed by atoms with Gasteiger partial charge in [0.15, 0.2) is 0 Å². The van der Waals surface area contributed by atoms with Crippen LogP contribution in [0.15, 0.2) is 75.0 Å². The van der Waals surface area contributed by atoms with Gasteiger partial charge < -0.3 is 0 Å². The van der Waals surface area contributed by atoms with E-state index in [4.69, 9.17) is 4.99 Å². The molecule has 2 aliphatic heterocycles. The number of hydrogen-bond donors (Lipinski definition) is 1. The molecule has 1 amide bonds. The number of amides is 1. The molecule has 2 heterocycles. The fourth-order valence-electron chi connectivity index (χ4n) is 5.24. The van der Waals surface area contributed by atoms with Crippen molar-refractivity contribution in [3.63, 3.8) is 0 Å². The van der Waals surface area contributed by atoms with Crippen LogP contribution in [-0.4, -0.2) is 29.7 Å². The lowest BCUT2D eigenvalue weighted by molar-refractivity contribution is 0.0794. The Morgan fingerprint density at radius 2 is 1.92 bits per heavy atom. The van der Waals surface area contributed by atoms with E-state index in [1.807, 2.05) is 37.7 Å². The highest BCUT2D eigenvalue weighted by atomic mass is 32.2. The largest absolute Gasteiger partial charge is 0.285 e. The highest BCUT2D eigenvalue weighted by Crippen LogP contribution is 2.57. The molecule has 1 N–H and O–H groups in total. The topological polar surface area (TPSA) is 44.7 Å². The first-order valence-corrected chi connectivity index (χ1v) is 14.5. The second-order valence-corrected chi connectivity index (χ2v) is 10.9. The average Bonchev–Trinajstić information content (AvgIpc) is 3.75. The lowest BCUT2D eigenvalue weighted by atomic mass is 9.95. The van der Waals surface area contributed by atoms with Crippen LogP contribution in [0, 0.1) is 11.8 Å². The number of thioether (sulfide) groups is 1. The van der Waals surface area contributed by atoms with E-state index in [9.17, 15) is 4.79 Å². The van der Waals surface area contributed by atoms with Crippen LogP contribution in [-0.2, 0) is 6.42 Å². The predicted molar refractivity (Wildman–Crippen MR) is 153 cm³/mol. The molecule has 5 heteroatoms. The molecule has 0 spiro atoms. The Hall–Kier alpha value is -2.63. The number of benzene rings is 2. The van der Waals surface area contributed by atoms with Crippen molar-refractivity contribution in [3.8, 4) is 0 Å². The predicted octanol–water partition coefficient (Wildman–Crippen LogP) is 7.73. The van der Waals surface area contributed by atoms with Gasteiger partial charge in [0, 0.05) is 41.0 Å². The third-order valence-electron chi connectivity index (χ3n) is 7.35. The van der Waals surface area contributed by atoms with Gasteiger partial charge in [-0.15, -0.1) is 0 Å². The van der Waals surface area contributed by atoms with E-state index in [0.717, 1.165) is 54.2 Å². The summed E-state index contributed by atoms with van der Waals surface area (Å²) in [5, 5.41) is 2.08. The maximum Gasteiger partial charge on any atom is 0.265 e. The van der Waals surface area contributed by atoms with Gasteiger partial charge in [-0.1, -0.05) is 75.7 Å². The minimum Gasteiger partial charge on any atom is -0.285 e. The summed E-state index contributed by atoms with van der Waals surface area (Å²) in [4.78, 5) is 20.9. The Morgan fingerprint density at radius 1 is 1.11 bits per heavy atom. The first-order valence-electron chi connectivity index (χ1n) is 13.7. The second-order valence-electron chi connectivity index (χ2n) is 9.78. The Morgan fingerprint density at radius 3 is 2.69 bits per heavy atom. The van der Waals surface area contributed by atoms with Crippen molar-refractivity contribution in [1.82, 2.24) is 10.4 Å². The number of fused-ring (bicyclic) bond motifs is 3. The lowest BCUT2D eigenvalue weighted by Gasteiger charge is -2.21. The summed E-state index contributed by atoms with van der Waals surface area (Å²) in [6.45, 7) is 8.04. The third-order valence-corrected chi connectivity index (χ3v) is 8.66. The number of carbonyl (C=O) groups excluding carboxylic acids is 1. The first kappa shape index (κ1) is 25.0. The summed E-state index contributed by atoms with van der Waals surface area (Å²) < 4.78 is 0. The van der Waals surface area contributed by atoms with Gasteiger partial charge in [0.05, 0.1) is 11.4 Å². The van der Waals surface area contributed by atoms with Crippen LogP contribution >= 0.6 is 11.8 Å². The number of hydrazine groups is 1. The van der Waals surface area contributed by atoms with Gasteiger partial charge in [0.25, 0.3) is 5.91 Å². The van der Waals surface area contributed by atoms with Crippen molar-refractivity contribution in [3.05, 3.63) is 81.8 Å². The zero-order valence-corrected chi connectivity index (χ0v) is 22.5. The van der Waals surface area contributed by atoms with E-state index >= 15 is 0 Å². The van der Waals surface area contributed by atoms with Crippen LogP contribution in [0.3, 0.4) is 0 Å². The van der Waals surface area contributed by atoms with Gasteiger partial charge in [-0.3, -0.25) is 10.2 Å². The molecular weight excluding hydrogens is 462 g/mol. The fraction of sp³-hybridized carbons (Fsp3) is 0.419. The monoisotopic (exact) mass is 501 g/mol. The summed E-state index contributed by atoms with van der Waals surface area (Å²) in [6, 6.07) is 14.8. The molecular formula is C31H39N3OS. The van der Waals surface area contributed by atoms with Gasteiger partial charge in [-0.2, -0.15) is 0 Å². The zero-order chi connectivity index (χ0) is 25.1. The molecule has 2 unspecified atom stereocenters. The van der Waals surface area contributed by atoms with E-state index in [2.05, 4.69) is 59.8 Å². The fourth-order valence-corrected chi connectivity index (χ4v) is 6.52. The highest BCUT2D eigenvalue weighted by molar-refractivity contribution is 8.03. The molecule has 4 nitrogen and oxygen atoms in total. The van der Waals surface area contributed by atoms with Crippen molar-refractivity contribution in [1.29, 1.82) is 0 Å². The molecule has 2 aromatic carbocycles. The van der Waals surface area contributed by atoms with Crippen molar-refractivity contribution in [2.24, 2.45) is 16.8 Å². The molecule has 1 saturated heterocycles. The highest BCUT2D eigenvalue weighted by Gasteiger charge is 2.43. The van der Waals surface area contributed by atoms with Crippen molar-refractivity contribution >= 4 is 29.1 Å².